The summed E-state index contributed by atoms with van der Waals surface area (Å²) >= 11 is 0. The van der Waals surface area contributed by atoms with E-state index in [-0.39, 0.29) is 17.0 Å². The van der Waals surface area contributed by atoms with Gasteiger partial charge >= 0.3 is 0 Å². The Hall–Kier alpha value is -1.96. The van der Waals surface area contributed by atoms with Crippen molar-refractivity contribution in [1.29, 1.82) is 0 Å². The van der Waals surface area contributed by atoms with Gasteiger partial charge in [0.05, 0.1) is 5.57 Å². The van der Waals surface area contributed by atoms with E-state index in [1.165, 1.54) is 6.42 Å². The number of benzene rings is 1. The molecule has 0 aliphatic heterocycles. The van der Waals surface area contributed by atoms with Gasteiger partial charge in [0.15, 0.2) is 11.6 Å². The molecule has 0 aromatic heterocycles. The number of hydrogen-bond donors (Lipinski definition) is 0. The molecule has 0 radical (unpaired) electrons. The number of hydrogen-bond acceptors (Lipinski definition) is 2. The Morgan fingerprint density at radius 1 is 1.05 bits per heavy atom. The van der Waals surface area contributed by atoms with E-state index in [1.807, 2.05) is 18.2 Å². The fourth-order valence-corrected chi connectivity index (χ4v) is 3.92. The van der Waals surface area contributed by atoms with Crippen LogP contribution in [-0.4, -0.2) is 11.6 Å². The second kappa shape index (κ2) is 6.04. The molecule has 1 aromatic carbocycles. The summed E-state index contributed by atoms with van der Waals surface area (Å²) in [5.41, 5.74) is 1.53. The van der Waals surface area contributed by atoms with Crippen molar-refractivity contribution >= 4 is 11.6 Å². The van der Waals surface area contributed by atoms with Crippen molar-refractivity contribution in [2.75, 3.05) is 0 Å². The highest BCUT2D eigenvalue weighted by Crippen LogP contribution is 2.47. The van der Waals surface area contributed by atoms with Gasteiger partial charge in [-0.15, -0.1) is 0 Å². The predicted octanol–water partition coefficient (Wildman–Crippen LogP) is 4.67. The lowest BCUT2D eigenvalue weighted by molar-refractivity contribution is -0.127. The third-order valence-electron chi connectivity index (χ3n) is 5.22. The molecular weight excluding hydrogens is 272 g/mol. The lowest BCUT2D eigenvalue weighted by Crippen LogP contribution is -2.39. The van der Waals surface area contributed by atoms with Gasteiger partial charge in [0.2, 0.25) is 0 Å². The van der Waals surface area contributed by atoms with Crippen LogP contribution in [0.25, 0.3) is 0 Å². The Balaban J connectivity index is 2.01. The summed E-state index contributed by atoms with van der Waals surface area (Å²) in [6.07, 6.45) is 8.63. The van der Waals surface area contributed by atoms with E-state index in [9.17, 15) is 9.59 Å². The molecule has 2 aliphatic carbocycles. The Morgan fingerprint density at radius 2 is 1.73 bits per heavy atom. The van der Waals surface area contributed by atoms with Crippen LogP contribution >= 0.6 is 0 Å². The maximum Gasteiger partial charge on any atom is 0.196 e. The molecule has 22 heavy (non-hydrogen) atoms. The molecular formula is C20H22O2. The summed E-state index contributed by atoms with van der Waals surface area (Å²) < 4.78 is 0. The van der Waals surface area contributed by atoms with Gasteiger partial charge in [-0.2, -0.15) is 0 Å². The van der Waals surface area contributed by atoms with Crippen molar-refractivity contribution < 1.29 is 9.59 Å². The first-order valence-corrected chi connectivity index (χ1v) is 8.18. The lowest BCUT2D eigenvalue weighted by Gasteiger charge is -2.39. The molecule has 114 valence electrons. The first-order chi connectivity index (χ1) is 10.7. The Bertz CT molecular complexity index is 631. The Labute approximate surface area is 131 Å². The summed E-state index contributed by atoms with van der Waals surface area (Å²) in [7, 11) is 0. The minimum atomic E-state index is -0.287. The van der Waals surface area contributed by atoms with E-state index in [1.54, 1.807) is 18.2 Å². The molecule has 2 aliphatic rings. The Kier molecular flexibility index (Phi) is 4.10. The summed E-state index contributed by atoms with van der Waals surface area (Å²) in [4.78, 5) is 26.0. The average molecular weight is 294 g/mol. The number of rotatable bonds is 3. The van der Waals surface area contributed by atoms with Crippen LogP contribution in [0.5, 0.6) is 0 Å². The van der Waals surface area contributed by atoms with E-state index in [0.717, 1.165) is 44.1 Å². The van der Waals surface area contributed by atoms with Crippen molar-refractivity contribution in [3.8, 4) is 0 Å². The third-order valence-corrected chi connectivity index (χ3v) is 5.22. The number of carbonyl (C=O) groups excluding carboxylic acids is 2. The number of Topliss-reactive ketones (excluding diaryl/α,β-unsaturated/α-hetero) is 2. The van der Waals surface area contributed by atoms with Gasteiger partial charge in [-0.25, -0.2) is 0 Å². The molecule has 0 atom stereocenters. The lowest BCUT2D eigenvalue weighted by atomic mass is 9.62. The molecule has 0 N–H and O–H groups in total. The zero-order chi connectivity index (χ0) is 15.6. The highest BCUT2D eigenvalue weighted by molar-refractivity contribution is 6.28. The largest absolute Gasteiger partial charge is 0.293 e. The maximum atomic E-state index is 13.2. The molecule has 1 fully saturated rings. The molecule has 2 heteroatoms. The monoisotopic (exact) mass is 294 g/mol. The van der Waals surface area contributed by atoms with Crippen molar-refractivity contribution in [1.82, 2.24) is 0 Å². The molecule has 0 bridgehead atoms. The zero-order valence-electron chi connectivity index (χ0n) is 12.9. The molecule has 0 heterocycles. The van der Waals surface area contributed by atoms with Crippen LogP contribution in [0.2, 0.25) is 0 Å². The fraction of sp³-hybridized carbons (Fsp3) is 0.400. The SMILES string of the molecule is C=CC1=C(C(=O)c2ccccc2)C(=O)C2(CCCCC2)CC1. The highest BCUT2D eigenvalue weighted by atomic mass is 16.2. The van der Waals surface area contributed by atoms with Crippen LogP contribution in [-0.2, 0) is 4.79 Å². The van der Waals surface area contributed by atoms with E-state index >= 15 is 0 Å². The molecule has 1 aromatic rings. The van der Waals surface area contributed by atoms with Crippen LogP contribution < -0.4 is 0 Å². The first kappa shape index (κ1) is 15.0. The fourth-order valence-electron chi connectivity index (χ4n) is 3.92. The summed E-state index contributed by atoms with van der Waals surface area (Å²) in [6, 6.07) is 9.12. The molecule has 2 nitrogen and oxygen atoms in total. The van der Waals surface area contributed by atoms with Crippen molar-refractivity contribution in [2.45, 2.75) is 44.9 Å². The van der Waals surface area contributed by atoms with Crippen molar-refractivity contribution in [3.63, 3.8) is 0 Å². The molecule has 1 saturated carbocycles. The summed E-state index contributed by atoms with van der Waals surface area (Å²) in [5, 5.41) is 0. The summed E-state index contributed by atoms with van der Waals surface area (Å²) in [5.74, 6) is -0.0626. The second-order valence-electron chi connectivity index (χ2n) is 6.47. The van der Waals surface area contributed by atoms with Gasteiger partial charge in [0.1, 0.15) is 0 Å². The average Bonchev–Trinajstić information content (AvgIpc) is 2.58. The molecule has 0 unspecified atom stereocenters. The predicted molar refractivity (Wildman–Crippen MR) is 87.8 cm³/mol. The second-order valence-corrected chi connectivity index (χ2v) is 6.47. The molecule has 0 saturated heterocycles. The highest BCUT2D eigenvalue weighted by Gasteiger charge is 2.45. The van der Waals surface area contributed by atoms with Crippen LogP contribution in [0.1, 0.15) is 55.3 Å². The van der Waals surface area contributed by atoms with Gasteiger partial charge in [-0.3, -0.25) is 9.59 Å². The van der Waals surface area contributed by atoms with Crippen LogP contribution in [0.4, 0.5) is 0 Å². The number of carbonyl (C=O) groups is 2. The summed E-state index contributed by atoms with van der Waals surface area (Å²) in [6.45, 7) is 3.82. The van der Waals surface area contributed by atoms with E-state index in [2.05, 4.69) is 6.58 Å². The smallest absolute Gasteiger partial charge is 0.196 e. The van der Waals surface area contributed by atoms with Crippen molar-refractivity contribution in [2.24, 2.45) is 5.41 Å². The topological polar surface area (TPSA) is 34.1 Å². The van der Waals surface area contributed by atoms with E-state index in [4.69, 9.17) is 0 Å². The molecule has 0 amide bonds. The molecule has 3 rings (SSSR count). The zero-order valence-corrected chi connectivity index (χ0v) is 12.9. The van der Waals surface area contributed by atoms with Crippen molar-refractivity contribution in [3.05, 3.63) is 59.7 Å². The van der Waals surface area contributed by atoms with Gasteiger partial charge in [0.25, 0.3) is 0 Å². The number of allylic oxidation sites excluding steroid dienone is 3. The minimum absolute atomic E-state index is 0.0715. The van der Waals surface area contributed by atoms with Crippen LogP contribution in [0, 0.1) is 5.41 Å². The minimum Gasteiger partial charge on any atom is -0.293 e. The standard InChI is InChI=1S/C20H22O2/c1-2-15-11-14-20(12-7-4-8-13-20)19(22)17(15)18(21)16-9-5-3-6-10-16/h2-3,5-6,9-10H,1,4,7-8,11-14H2. The Morgan fingerprint density at radius 3 is 2.36 bits per heavy atom. The van der Waals surface area contributed by atoms with E-state index < -0.39 is 0 Å². The van der Waals surface area contributed by atoms with Crippen LogP contribution in [0.15, 0.2) is 54.1 Å². The first-order valence-electron chi connectivity index (χ1n) is 8.18. The normalized spacial score (nSPS) is 21.0. The van der Waals surface area contributed by atoms with Gasteiger partial charge in [0, 0.05) is 11.0 Å². The third kappa shape index (κ3) is 2.47. The van der Waals surface area contributed by atoms with Gasteiger partial charge in [-0.05, 0) is 31.3 Å². The quantitative estimate of drug-likeness (QED) is 0.600. The van der Waals surface area contributed by atoms with Crippen LogP contribution in [0.3, 0.4) is 0 Å². The van der Waals surface area contributed by atoms with Gasteiger partial charge < -0.3 is 0 Å². The molecule has 1 spiro atoms. The number of ketones is 2. The maximum absolute atomic E-state index is 13.2. The van der Waals surface area contributed by atoms with E-state index in [0.29, 0.717) is 11.1 Å². The van der Waals surface area contributed by atoms with Gasteiger partial charge in [-0.1, -0.05) is 62.2 Å².